The molecule has 3 N–H and O–H groups in total. The Hall–Kier alpha value is -3.20. The van der Waals surface area contributed by atoms with Crippen molar-refractivity contribution in [3.63, 3.8) is 0 Å². The Morgan fingerprint density at radius 1 is 1.32 bits per heavy atom. The number of rotatable bonds is 7. The summed E-state index contributed by atoms with van der Waals surface area (Å²) < 4.78 is 3.34. The number of pyridine rings is 1. The number of hydrogen-bond acceptors (Lipinski definition) is 5. The highest BCUT2D eigenvalue weighted by molar-refractivity contribution is 6.18. The van der Waals surface area contributed by atoms with Gasteiger partial charge in [0.05, 0.1) is 11.3 Å². The molecule has 3 heterocycles. The van der Waals surface area contributed by atoms with E-state index in [4.69, 9.17) is 17.3 Å². The van der Waals surface area contributed by atoms with Crippen LogP contribution >= 0.6 is 11.6 Å². The lowest BCUT2D eigenvalue weighted by atomic mass is 10.2. The zero-order valence-corrected chi connectivity index (χ0v) is 16.3. The number of nitrogens with one attached hydrogen (secondary N) is 1. The molecule has 0 saturated heterocycles. The number of halogens is 1. The molecule has 0 saturated carbocycles. The predicted octanol–water partition coefficient (Wildman–Crippen LogP) is 2.10. The van der Waals surface area contributed by atoms with E-state index in [2.05, 4.69) is 20.4 Å². The van der Waals surface area contributed by atoms with E-state index in [1.807, 2.05) is 19.9 Å². The summed E-state index contributed by atoms with van der Waals surface area (Å²) in [4.78, 5) is 32.9. The monoisotopic (exact) mass is 401 g/mol. The van der Waals surface area contributed by atoms with E-state index in [1.54, 1.807) is 27.5 Å². The third kappa shape index (κ3) is 3.89. The summed E-state index contributed by atoms with van der Waals surface area (Å²) in [7, 11) is 0. The Morgan fingerprint density at radius 3 is 2.79 bits per heavy atom. The van der Waals surface area contributed by atoms with Gasteiger partial charge in [-0.1, -0.05) is 12.2 Å². The summed E-state index contributed by atoms with van der Waals surface area (Å²) in [5.41, 5.74) is 7.71. The number of nitrogens with two attached hydrogens (primary N) is 1. The number of primary amides is 1. The molecule has 3 aromatic rings. The van der Waals surface area contributed by atoms with Crippen molar-refractivity contribution < 1.29 is 9.59 Å². The lowest BCUT2D eigenvalue weighted by Crippen LogP contribution is -2.20. The van der Waals surface area contributed by atoms with Gasteiger partial charge < -0.3 is 5.73 Å². The van der Waals surface area contributed by atoms with Gasteiger partial charge in [0, 0.05) is 25.2 Å². The zero-order valence-electron chi connectivity index (χ0n) is 15.5. The molecule has 0 aromatic carbocycles. The van der Waals surface area contributed by atoms with Crippen molar-refractivity contribution in [2.24, 2.45) is 5.73 Å². The third-order valence-electron chi connectivity index (χ3n) is 4.07. The minimum atomic E-state index is -0.598. The van der Waals surface area contributed by atoms with Crippen LogP contribution < -0.4 is 11.1 Å². The van der Waals surface area contributed by atoms with E-state index in [9.17, 15) is 9.59 Å². The number of carbonyl (C=O) groups excluding carboxylic acids is 2. The molecular weight excluding hydrogens is 382 g/mol. The normalized spacial score (nSPS) is 11.4. The second-order valence-corrected chi connectivity index (χ2v) is 6.35. The molecule has 2 amide bonds. The Kier molecular flexibility index (Phi) is 5.74. The fourth-order valence-corrected chi connectivity index (χ4v) is 2.92. The topological polar surface area (TPSA) is 121 Å². The first-order chi connectivity index (χ1) is 13.4. The molecule has 0 bridgehead atoms. The van der Waals surface area contributed by atoms with Crippen molar-refractivity contribution in [3.8, 4) is 0 Å². The van der Waals surface area contributed by atoms with Crippen LogP contribution in [-0.2, 0) is 13.1 Å². The average Bonchev–Trinajstić information content (AvgIpc) is 3.21. The Morgan fingerprint density at radius 2 is 2.11 bits per heavy atom. The summed E-state index contributed by atoms with van der Waals surface area (Å²) in [5.74, 6) is -0.271. The number of fused-ring (bicyclic) bond motifs is 1. The van der Waals surface area contributed by atoms with Crippen LogP contribution in [0.4, 0.5) is 5.95 Å². The lowest BCUT2D eigenvalue weighted by Gasteiger charge is -2.08. The molecule has 0 aliphatic heterocycles. The summed E-state index contributed by atoms with van der Waals surface area (Å²) in [6.07, 6.45) is 5.01. The average molecular weight is 402 g/mol. The highest BCUT2D eigenvalue weighted by atomic mass is 35.5. The molecular formula is C18H20ClN7O2. The highest BCUT2D eigenvalue weighted by Gasteiger charge is 2.19. The molecule has 0 unspecified atom stereocenters. The van der Waals surface area contributed by atoms with E-state index in [0.717, 1.165) is 5.69 Å². The maximum absolute atomic E-state index is 12.8. The first kappa shape index (κ1) is 19.6. The maximum Gasteiger partial charge on any atom is 0.276 e. The molecule has 0 spiro atoms. The molecule has 9 nitrogen and oxygen atoms in total. The summed E-state index contributed by atoms with van der Waals surface area (Å²) in [6, 6.07) is 3.26. The smallest absolute Gasteiger partial charge is 0.276 e. The molecule has 3 rings (SSSR count). The van der Waals surface area contributed by atoms with E-state index < -0.39 is 5.91 Å². The van der Waals surface area contributed by atoms with Gasteiger partial charge in [0.25, 0.3) is 5.91 Å². The van der Waals surface area contributed by atoms with Crippen LogP contribution in [0.3, 0.4) is 0 Å². The Labute approximate surface area is 166 Å². The number of amides is 2. The second kappa shape index (κ2) is 8.22. The van der Waals surface area contributed by atoms with E-state index in [1.165, 1.54) is 6.20 Å². The zero-order chi connectivity index (χ0) is 20.3. The van der Waals surface area contributed by atoms with Gasteiger partial charge in [0.15, 0.2) is 5.65 Å². The maximum atomic E-state index is 12.8. The fourth-order valence-electron chi connectivity index (χ4n) is 2.79. The molecule has 0 atom stereocenters. The van der Waals surface area contributed by atoms with Gasteiger partial charge in [-0.2, -0.15) is 5.10 Å². The van der Waals surface area contributed by atoms with Crippen LogP contribution in [0.25, 0.3) is 11.2 Å². The minimum Gasteiger partial charge on any atom is -0.366 e. The van der Waals surface area contributed by atoms with Crippen molar-refractivity contribution in [1.82, 2.24) is 24.3 Å². The van der Waals surface area contributed by atoms with Crippen molar-refractivity contribution >= 4 is 40.5 Å². The number of aromatic nitrogens is 5. The van der Waals surface area contributed by atoms with Crippen LogP contribution in [-0.4, -0.2) is 42.0 Å². The quantitative estimate of drug-likeness (QED) is 0.464. The summed E-state index contributed by atoms with van der Waals surface area (Å²) in [5, 5.41) is 7.10. The van der Waals surface area contributed by atoms with E-state index in [0.29, 0.717) is 41.8 Å². The first-order valence-electron chi connectivity index (χ1n) is 8.67. The van der Waals surface area contributed by atoms with Crippen LogP contribution in [0.5, 0.6) is 0 Å². The molecule has 28 heavy (non-hydrogen) atoms. The number of imidazole rings is 1. The van der Waals surface area contributed by atoms with Gasteiger partial charge in [0.2, 0.25) is 11.9 Å². The number of anilines is 1. The van der Waals surface area contributed by atoms with Crippen molar-refractivity contribution in [2.45, 2.75) is 26.9 Å². The lowest BCUT2D eigenvalue weighted by molar-refractivity contribution is 0.0995. The SMILES string of the molecule is CCn1nc(C)cc1C(=O)Nc1nc2cc(C(N)=O)cnc2n1C/C=C/CCl. The Balaban J connectivity index is 2.02. The number of allylic oxidation sites excluding steroid dienone is 2. The summed E-state index contributed by atoms with van der Waals surface area (Å²) >= 11 is 5.70. The third-order valence-corrected chi connectivity index (χ3v) is 4.25. The van der Waals surface area contributed by atoms with Gasteiger partial charge in [0.1, 0.15) is 11.2 Å². The number of alkyl halides is 1. The van der Waals surface area contributed by atoms with Crippen molar-refractivity contribution in [3.05, 3.63) is 47.4 Å². The van der Waals surface area contributed by atoms with E-state index in [-0.39, 0.29) is 11.5 Å². The molecule has 3 aromatic heterocycles. The first-order valence-corrected chi connectivity index (χ1v) is 9.20. The molecule has 146 valence electrons. The van der Waals surface area contributed by atoms with Crippen LogP contribution in [0.2, 0.25) is 0 Å². The van der Waals surface area contributed by atoms with Gasteiger partial charge in [-0.25, -0.2) is 9.97 Å². The van der Waals surface area contributed by atoms with E-state index >= 15 is 0 Å². The second-order valence-electron chi connectivity index (χ2n) is 6.04. The van der Waals surface area contributed by atoms with Crippen LogP contribution in [0.1, 0.15) is 33.5 Å². The molecule has 0 radical (unpaired) electrons. The van der Waals surface area contributed by atoms with Gasteiger partial charge in [-0.05, 0) is 26.0 Å². The standard InChI is InChI=1S/C18H20ClN7O2/c1-3-26-14(8-11(2)24-26)17(28)23-18-22-13-9-12(15(20)27)10-21-16(13)25(18)7-5-4-6-19/h4-5,8-10H,3,6-7H2,1-2H3,(H2,20,27)(H,22,23,28)/b5-4+. The van der Waals surface area contributed by atoms with Gasteiger partial charge >= 0.3 is 0 Å². The van der Waals surface area contributed by atoms with Crippen molar-refractivity contribution in [2.75, 3.05) is 11.2 Å². The summed E-state index contributed by atoms with van der Waals surface area (Å²) in [6.45, 7) is 4.69. The van der Waals surface area contributed by atoms with Crippen LogP contribution in [0, 0.1) is 6.92 Å². The van der Waals surface area contributed by atoms with Gasteiger partial charge in [-0.3, -0.25) is 24.2 Å². The molecule has 10 heteroatoms. The van der Waals surface area contributed by atoms with Crippen LogP contribution in [0.15, 0.2) is 30.5 Å². The fraction of sp³-hybridized carbons (Fsp3) is 0.278. The molecule has 0 aliphatic rings. The predicted molar refractivity (Wildman–Crippen MR) is 106 cm³/mol. The number of nitrogens with zero attached hydrogens (tertiary/aromatic N) is 5. The van der Waals surface area contributed by atoms with Crippen molar-refractivity contribution in [1.29, 1.82) is 0 Å². The highest BCUT2D eigenvalue weighted by Crippen LogP contribution is 2.20. The number of aryl methyl sites for hydroxylation is 2. The Bertz CT molecular complexity index is 1070. The largest absolute Gasteiger partial charge is 0.366 e. The molecule has 0 aliphatic carbocycles. The van der Waals surface area contributed by atoms with Gasteiger partial charge in [-0.15, -0.1) is 11.6 Å². The number of hydrogen-bond donors (Lipinski definition) is 2. The minimum absolute atomic E-state index is 0.242. The molecule has 0 fully saturated rings. The number of carbonyl (C=O) groups is 2.